The van der Waals surface area contributed by atoms with E-state index in [9.17, 15) is 0 Å². The van der Waals surface area contributed by atoms with Crippen LogP contribution in [0.5, 0.6) is 0 Å². The van der Waals surface area contributed by atoms with E-state index < -0.39 is 0 Å². The van der Waals surface area contributed by atoms with Crippen molar-refractivity contribution in [2.24, 2.45) is 0 Å². The zero-order chi connectivity index (χ0) is 12.8. The molecule has 1 aliphatic heterocycles. The summed E-state index contributed by atoms with van der Waals surface area (Å²) >= 11 is 0. The molecule has 1 aromatic heterocycles. The van der Waals surface area contributed by atoms with Crippen LogP contribution in [0.2, 0.25) is 0 Å². The Morgan fingerprint density at radius 1 is 1.61 bits per heavy atom. The smallest absolute Gasteiger partial charge is 0.162 e. The molecule has 1 unspecified atom stereocenters. The average Bonchev–Trinajstić information content (AvgIpc) is 3.00. The van der Waals surface area contributed by atoms with Crippen LogP contribution in [0.25, 0.3) is 0 Å². The van der Waals surface area contributed by atoms with E-state index >= 15 is 0 Å². The fourth-order valence-electron chi connectivity index (χ4n) is 2.48. The highest BCUT2D eigenvalue weighted by atomic mass is 16.5. The SMILES string of the molecule is CCCN(Cc1cc(COC)on1)C1CCNC1. The number of ether oxygens (including phenoxy) is 1. The topological polar surface area (TPSA) is 50.5 Å². The average molecular weight is 253 g/mol. The lowest BCUT2D eigenvalue weighted by molar-refractivity contribution is 0.155. The number of hydrogen-bond acceptors (Lipinski definition) is 5. The highest BCUT2D eigenvalue weighted by Gasteiger charge is 2.22. The molecular weight excluding hydrogens is 230 g/mol. The lowest BCUT2D eigenvalue weighted by Crippen LogP contribution is -2.37. The lowest BCUT2D eigenvalue weighted by atomic mass is 10.2. The third-order valence-corrected chi connectivity index (χ3v) is 3.32. The third-order valence-electron chi connectivity index (χ3n) is 3.32. The maximum atomic E-state index is 5.23. The molecule has 5 heteroatoms. The molecule has 0 aliphatic carbocycles. The second-order valence-electron chi connectivity index (χ2n) is 4.83. The van der Waals surface area contributed by atoms with Crippen LogP contribution in [0.1, 0.15) is 31.2 Å². The number of aromatic nitrogens is 1. The number of methoxy groups -OCH3 is 1. The van der Waals surface area contributed by atoms with E-state index in [1.807, 2.05) is 6.07 Å². The highest BCUT2D eigenvalue weighted by molar-refractivity contribution is 5.05. The van der Waals surface area contributed by atoms with Gasteiger partial charge in [-0.2, -0.15) is 0 Å². The Morgan fingerprint density at radius 3 is 3.17 bits per heavy atom. The van der Waals surface area contributed by atoms with Crippen LogP contribution < -0.4 is 5.32 Å². The quantitative estimate of drug-likeness (QED) is 0.796. The van der Waals surface area contributed by atoms with Gasteiger partial charge >= 0.3 is 0 Å². The number of nitrogens with zero attached hydrogens (tertiary/aromatic N) is 2. The summed E-state index contributed by atoms with van der Waals surface area (Å²) in [6, 6.07) is 2.63. The van der Waals surface area contributed by atoms with E-state index in [0.717, 1.165) is 37.6 Å². The fourth-order valence-corrected chi connectivity index (χ4v) is 2.48. The molecule has 102 valence electrons. The maximum absolute atomic E-state index is 5.23. The first-order chi connectivity index (χ1) is 8.83. The zero-order valence-corrected chi connectivity index (χ0v) is 11.3. The summed E-state index contributed by atoms with van der Waals surface area (Å²) in [6.07, 6.45) is 2.39. The zero-order valence-electron chi connectivity index (χ0n) is 11.3. The fraction of sp³-hybridized carbons (Fsp3) is 0.769. The first kappa shape index (κ1) is 13.5. The molecule has 1 saturated heterocycles. The third kappa shape index (κ3) is 3.54. The van der Waals surface area contributed by atoms with E-state index in [2.05, 4.69) is 22.3 Å². The van der Waals surface area contributed by atoms with E-state index in [1.165, 1.54) is 12.8 Å². The van der Waals surface area contributed by atoms with Gasteiger partial charge in [-0.1, -0.05) is 12.1 Å². The minimum atomic E-state index is 0.492. The molecule has 0 spiro atoms. The summed E-state index contributed by atoms with van der Waals surface area (Å²) in [5, 5.41) is 7.53. The van der Waals surface area contributed by atoms with Crippen LogP contribution in [-0.2, 0) is 17.9 Å². The Morgan fingerprint density at radius 2 is 2.50 bits per heavy atom. The molecule has 1 atom stereocenters. The van der Waals surface area contributed by atoms with Crippen LogP contribution in [0.15, 0.2) is 10.6 Å². The van der Waals surface area contributed by atoms with Crippen molar-refractivity contribution in [2.45, 2.75) is 39.0 Å². The second-order valence-corrected chi connectivity index (χ2v) is 4.83. The maximum Gasteiger partial charge on any atom is 0.162 e. The monoisotopic (exact) mass is 253 g/mol. The van der Waals surface area contributed by atoms with Gasteiger partial charge in [0.05, 0.1) is 5.69 Å². The molecule has 2 heterocycles. The molecular formula is C13H23N3O2. The van der Waals surface area contributed by atoms with Crippen molar-refractivity contribution in [3.8, 4) is 0 Å². The first-order valence-electron chi connectivity index (χ1n) is 6.71. The second kappa shape index (κ2) is 6.87. The molecule has 0 saturated carbocycles. The summed E-state index contributed by atoms with van der Waals surface area (Å²) in [5.74, 6) is 0.800. The van der Waals surface area contributed by atoms with Gasteiger partial charge in [-0.3, -0.25) is 4.90 Å². The van der Waals surface area contributed by atoms with E-state index in [4.69, 9.17) is 9.26 Å². The van der Waals surface area contributed by atoms with Crippen LogP contribution >= 0.6 is 0 Å². The van der Waals surface area contributed by atoms with Crippen molar-refractivity contribution in [2.75, 3.05) is 26.7 Å². The predicted octanol–water partition coefficient (Wildman–Crippen LogP) is 1.39. The minimum absolute atomic E-state index is 0.492. The Labute approximate surface area is 108 Å². The molecule has 1 N–H and O–H groups in total. The molecule has 1 aliphatic rings. The molecule has 1 aromatic rings. The highest BCUT2D eigenvalue weighted by Crippen LogP contribution is 2.14. The molecule has 1 fully saturated rings. The summed E-state index contributed by atoms with van der Waals surface area (Å²) in [4.78, 5) is 2.49. The van der Waals surface area contributed by atoms with Crippen molar-refractivity contribution < 1.29 is 9.26 Å². The predicted molar refractivity (Wildman–Crippen MR) is 69.2 cm³/mol. The Balaban J connectivity index is 1.93. The van der Waals surface area contributed by atoms with Gasteiger partial charge in [0.15, 0.2) is 5.76 Å². The van der Waals surface area contributed by atoms with E-state index in [0.29, 0.717) is 12.6 Å². The van der Waals surface area contributed by atoms with E-state index in [1.54, 1.807) is 7.11 Å². The van der Waals surface area contributed by atoms with Crippen molar-refractivity contribution in [1.29, 1.82) is 0 Å². The van der Waals surface area contributed by atoms with Crippen LogP contribution in [0.3, 0.4) is 0 Å². The summed E-state index contributed by atoms with van der Waals surface area (Å²) in [6.45, 7) is 6.90. The molecule has 5 nitrogen and oxygen atoms in total. The number of nitrogens with one attached hydrogen (secondary N) is 1. The Bertz CT molecular complexity index is 348. The van der Waals surface area contributed by atoms with Crippen molar-refractivity contribution >= 4 is 0 Å². The van der Waals surface area contributed by atoms with Crippen LogP contribution in [0.4, 0.5) is 0 Å². The summed E-state index contributed by atoms with van der Waals surface area (Å²) < 4.78 is 10.3. The van der Waals surface area contributed by atoms with Crippen molar-refractivity contribution in [1.82, 2.24) is 15.4 Å². The largest absolute Gasteiger partial charge is 0.377 e. The molecule has 0 radical (unpaired) electrons. The summed E-state index contributed by atoms with van der Waals surface area (Å²) in [5.41, 5.74) is 1.00. The van der Waals surface area contributed by atoms with Gasteiger partial charge in [-0.25, -0.2) is 0 Å². The van der Waals surface area contributed by atoms with Crippen molar-refractivity contribution in [3.05, 3.63) is 17.5 Å². The Hall–Kier alpha value is -0.910. The van der Waals surface area contributed by atoms with Gasteiger partial charge in [-0.15, -0.1) is 0 Å². The van der Waals surface area contributed by atoms with Gasteiger partial charge in [-0.05, 0) is 25.9 Å². The van der Waals surface area contributed by atoms with Crippen molar-refractivity contribution in [3.63, 3.8) is 0 Å². The number of hydrogen-bond donors (Lipinski definition) is 1. The van der Waals surface area contributed by atoms with Gasteiger partial charge in [0.2, 0.25) is 0 Å². The molecule has 0 amide bonds. The van der Waals surface area contributed by atoms with Gasteiger partial charge in [0.25, 0.3) is 0 Å². The standard InChI is InChI=1S/C13H23N3O2/c1-3-6-16(12-4-5-14-8-12)9-11-7-13(10-17-2)18-15-11/h7,12,14H,3-6,8-10H2,1-2H3. The van der Waals surface area contributed by atoms with Gasteiger partial charge in [0, 0.05) is 32.3 Å². The molecule has 0 aromatic carbocycles. The van der Waals surface area contributed by atoms with Gasteiger partial charge < -0.3 is 14.6 Å². The number of rotatable bonds is 7. The van der Waals surface area contributed by atoms with E-state index in [-0.39, 0.29) is 0 Å². The van der Waals surface area contributed by atoms with Crippen LogP contribution in [0, 0.1) is 0 Å². The Kier molecular flexibility index (Phi) is 5.16. The van der Waals surface area contributed by atoms with Crippen LogP contribution in [-0.4, -0.2) is 42.8 Å². The molecule has 2 rings (SSSR count). The first-order valence-corrected chi connectivity index (χ1v) is 6.71. The lowest BCUT2D eigenvalue weighted by Gasteiger charge is -2.26. The normalized spacial score (nSPS) is 19.8. The van der Waals surface area contributed by atoms with Gasteiger partial charge in [0.1, 0.15) is 6.61 Å². The molecule has 18 heavy (non-hydrogen) atoms. The minimum Gasteiger partial charge on any atom is -0.377 e. The summed E-state index contributed by atoms with van der Waals surface area (Å²) in [7, 11) is 1.66. The molecule has 0 bridgehead atoms.